The SMILES string of the molecule is CC1(C)CN(Cc2ccnc(C(=N)N)c2)CCO1. The summed E-state index contributed by atoms with van der Waals surface area (Å²) in [5.74, 6) is 0.0131. The van der Waals surface area contributed by atoms with E-state index in [4.69, 9.17) is 15.9 Å². The van der Waals surface area contributed by atoms with Crippen LogP contribution < -0.4 is 5.73 Å². The molecular weight excluding hydrogens is 228 g/mol. The van der Waals surface area contributed by atoms with Crippen molar-refractivity contribution in [2.45, 2.75) is 26.0 Å². The van der Waals surface area contributed by atoms with E-state index >= 15 is 0 Å². The number of nitrogens with two attached hydrogens (primary N) is 1. The lowest BCUT2D eigenvalue weighted by Gasteiger charge is -2.38. The number of ether oxygens (including phenoxy) is 1. The highest BCUT2D eigenvalue weighted by Crippen LogP contribution is 2.18. The molecule has 0 spiro atoms. The number of hydrogen-bond acceptors (Lipinski definition) is 4. The lowest BCUT2D eigenvalue weighted by atomic mass is 10.1. The second-order valence-corrected chi connectivity index (χ2v) is 5.28. The molecule has 1 saturated heterocycles. The molecule has 0 aromatic carbocycles. The van der Waals surface area contributed by atoms with Crippen LogP contribution in [0.5, 0.6) is 0 Å². The Morgan fingerprint density at radius 1 is 1.61 bits per heavy atom. The molecule has 5 heteroatoms. The number of nitrogens with one attached hydrogen (secondary N) is 1. The van der Waals surface area contributed by atoms with Crippen LogP contribution in [0.4, 0.5) is 0 Å². The van der Waals surface area contributed by atoms with Crippen molar-refractivity contribution in [3.05, 3.63) is 29.6 Å². The molecule has 18 heavy (non-hydrogen) atoms. The van der Waals surface area contributed by atoms with E-state index in [2.05, 4.69) is 23.7 Å². The summed E-state index contributed by atoms with van der Waals surface area (Å²) in [4.78, 5) is 6.42. The lowest BCUT2D eigenvalue weighted by molar-refractivity contribution is -0.0882. The molecule has 2 heterocycles. The van der Waals surface area contributed by atoms with Gasteiger partial charge in [0, 0.05) is 25.8 Å². The third-order valence-electron chi connectivity index (χ3n) is 3.01. The van der Waals surface area contributed by atoms with Crippen LogP contribution in [0.3, 0.4) is 0 Å². The van der Waals surface area contributed by atoms with Gasteiger partial charge in [0.05, 0.1) is 12.2 Å². The molecule has 0 saturated carbocycles. The van der Waals surface area contributed by atoms with Crippen molar-refractivity contribution in [2.75, 3.05) is 19.7 Å². The Hall–Kier alpha value is -1.46. The Kier molecular flexibility index (Phi) is 3.63. The van der Waals surface area contributed by atoms with Gasteiger partial charge in [0.2, 0.25) is 0 Å². The van der Waals surface area contributed by atoms with Crippen LogP contribution in [0.25, 0.3) is 0 Å². The third kappa shape index (κ3) is 3.27. The Bertz CT molecular complexity index is 444. The van der Waals surface area contributed by atoms with Crippen LogP contribution in [-0.2, 0) is 11.3 Å². The molecule has 0 atom stereocenters. The van der Waals surface area contributed by atoms with E-state index in [-0.39, 0.29) is 11.4 Å². The van der Waals surface area contributed by atoms with Gasteiger partial charge >= 0.3 is 0 Å². The summed E-state index contributed by atoms with van der Waals surface area (Å²) in [6, 6.07) is 3.85. The highest BCUT2D eigenvalue weighted by molar-refractivity contribution is 5.93. The zero-order chi connectivity index (χ0) is 13.2. The summed E-state index contributed by atoms with van der Waals surface area (Å²) in [7, 11) is 0. The maximum Gasteiger partial charge on any atom is 0.141 e. The molecule has 1 aromatic rings. The minimum atomic E-state index is -0.0886. The molecule has 3 N–H and O–H groups in total. The van der Waals surface area contributed by atoms with Crippen LogP contribution in [0, 0.1) is 5.41 Å². The quantitative estimate of drug-likeness (QED) is 0.617. The van der Waals surface area contributed by atoms with Crippen LogP contribution >= 0.6 is 0 Å². The Morgan fingerprint density at radius 2 is 2.39 bits per heavy atom. The Balaban J connectivity index is 2.05. The fourth-order valence-corrected chi connectivity index (χ4v) is 2.23. The molecule has 0 bridgehead atoms. The molecule has 98 valence electrons. The van der Waals surface area contributed by atoms with Crippen molar-refractivity contribution in [3.63, 3.8) is 0 Å². The van der Waals surface area contributed by atoms with Crippen LogP contribution in [0.2, 0.25) is 0 Å². The predicted octanol–water partition coefficient (Wildman–Crippen LogP) is 0.976. The number of aromatic nitrogens is 1. The van der Waals surface area contributed by atoms with Crippen molar-refractivity contribution in [1.29, 1.82) is 5.41 Å². The normalized spacial score (nSPS) is 19.7. The van der Waals surface area contributed by atoms with Gasteiger partial charge in [-0.3, -0.25) is 15.3 Å². The largest absolute Gasteiger partial charge is 0.382 e. The van der Waals surface area contributed by atoms with Gasteiger partial charge in [0.1, 0.15) is 11.5 Å². The maximum atomic E-state index is 7.40. The number of pyridine rings is 1. The van der Waals surface area contributed by atoms with E-state index in [1.807, 2.05) is 12.1 Å². The van der Waals surface area contributed by atoms with Gasteiger partial charge in [-0.05, 0) is 31.5 Å². The summed E-state index contributed by atoms with van der Waals surface area (Å²) >= 11 is 0. The zero-order valence-corrected chi connectivity index (χ0v) is 10.9. The Morgan fingerprint density at radius 3 is 3.06 bits per heavy atom. The number of morpholine rings is 1. The molecule has 1 aliphatic heterocycles. The van der Waals surface area contributed by atoms with Gasteiger partial charge in [0.25, 0.3) is 0 Å². The van der Waals surface area contributed by atoms with Gasteiger partial charge in [-0.2, -0.15) is 0 Å². The van der Waals surface area contributed by atoms with Gasteiger partial charge in [-0.15, -0.1) is 0 Å². The monoisotopic (exact) mass is 248 g/mol. The van der Waals surface area contributed by atoms with Gasteiger partial charge in [-0.25, -0.2) is 0 Å². The molecule has 1 aromatic heterocycles. The van der Waals surface area contributed by atoms with Gasteiger partial charge in [-0.1, -0.05) is 0 Å². The molecule has 0 unspecified atom stereocenters. The van der Waals surface area contributed by atoms with Crippen molar-refractivity contribution >= 4 is 5.84 Å². The van der Waals surface area contributed by atoms with E-state index in [0.29, 0.717) is 5.69 Å². The maximum absolute atomic E-state index is 7.40. The first kappa shape index (κ1) is 13.0. The van der Waals surface area contributed by atoms with Crippen LogP contribution in [0.15, 0.2) is 18.3 Å². The number of nitrogens with zero attached hydrogens (tertiary/aromatic N) is 2. The fourth-order valence-electron chi connectivity index (χ4n) is 2.23. The zero-order valence-electron chi connectivity index (χ0n) is 10.9. The Labute approximate surface area is 107 Å². The van der Waals surface area contributed by atoms with E-state index < -0.39 is 0 Å². The molecule has 2 rings (SSSR count). The van der Waals surface area contributed by atoms with Crippen molar-refractivity contribution in [1.82, 2.24) is 9.88 Å². The topological polar surface area (TPSA) is 75.2 Å². The minimum absolute atomic E-state index is 0.0131. The second kappa shape index (κ2) is 5.04. The van der Waals surface area contributed by atoms with Crippen molar-refractivity contribution < 1.29 is 4.74 Å². The summed E-state index contributed by atoms with van der Waals surface area (Å²) in [5.41, 5.74) is 7.03. The number of rotatable bonds is 3. The predicted molar refractivity (Wildman–Crippen MR) is 70.6 cm³/mol. The van der Waals surface area contributed by atoms with Gasteiger partial charge < -0.3 is 10.5 Å². The van der Waals surface area contributed by atoms with E-state index in [1.54, 1.807) is 6.20 Å². The summed E-state index contributed by atoms with van der Waals surface area (Å²) < 4.78 is 5.69. The smallest absolute Gasteiger partial charge is 0.141 e. The molecule has 0 amide bonds. The molecule has 0 radical (unpaired) electrons. The molecule has 1 aliphatic rings. The first-order valence-electron chi connectivity index (χ1n) is 6.12. The second-order valence-electron chi connectivity index (χ2n) is 5.28. The van der Waals surface area contributed by atoms with Crippen molar-refractivity contribution in [2.24, 2.45) is 5.73 Å². The molecule has 1 fully saturated rings. The summed E-state index contributed by atoms with van der Waals surface area (Å²) in [5, 5.41) is 7.40. The first-order chi connectivity index (χ1) is 8.46. The number of nitrogen functional groups attached to an aromatic ring is 1. The molecule has 5 nitrogen and oxygen atoms in total. The average Bonchev–Trinajstić information content (AvgIpc) is 2.28. The van der Waals surface area contributed by atoms with E-state index in [1.165, 1.54) is 0 Å². The highest BCUT2D eigenvalue weighted by atomic mass is 16.5. The van der Waals surface area contributed by atoms with E-state index in [0.717, 1.165) is 31.8 Å². The first-order valence-corrected chi connectivity index (χ1v) is 6.12. The van der Waals surface area contributed by atoms with E-state index in [9.17, 15) is 0 Å². The number of hydrogen-bond donors (Lipinski definition) is 2. The lowest BCUT2D eigenvalue weighted by Crippen LogP contribution is -2.47. The minimum Gasteiger partial charge on any atom is -0.382 e. The van der Waals surface area contributed by atoms with Gasteiger partial charge in [0.15, 0.2) is 0 Å². The van der Waals surface area contributed by atoms with Crippen LogP contribution in [0.1, 0.15) is 25.1 Å². The summed E-state index contributed by atoms with van der Waals surface area (Å²) in [6.45, 7) is 7.65. The standard InChI is InChI=1S/C13H20N4O/c1-13(2)9-17(5-6-18-13)8-10-3-4-16-11(7-10)12(14)15/h3-4,7H,5-6,8-9H2,1-2H3,(H3,14,15). The molecular formula is C13H20N4O. The fraction of sp³-hybridized carbons (Fsp3) is 0.538. The number of amidine groups is 1. The summed E-state index contributed by atoms with van der Waals surface area (Å²) in [6.07, 6.45) is 1.71. The van der Waals surface area contributed by atoms with Crippen LogP contribution in [-0.4, -0.2) is 41.0 Å². The molecule has 0 aliphatic carbocycles. The van der Waals surface area contributed by atoms with Crippen molar-refractivity contribution in [3.8, 4) is 0 Å². The third-order valence-corrected chi connectivity index (χ3v) is 3.01. The average molecular weight is 248 g/mol. The highest BCUT2D eigenvalue weighted by Gasteiger charge is 2.26.